The highest BCUT2D eigenvalue weighted by Crippen LogP contribution is 2.50. The van der Waals surface area contributed by atoms with Gasteiger partial charge in [0.15, 0.2) is 34.5 Å². The maximum Gasteiger partial charge on any atom is 0.530 e. The highest BCUT2D eigenvalue weighted by Gasteiger charge is 2.26. The van der Waals surface area contributed by atoms with Crippen LogP contribution >= 0.6 is 8.60 Å². The number of benzene rings is 3. The second-order valence-electron chi connectivity index (χ2n) is 6.27. The molecule has 3 N–H and O–H groups in total. The van der Waals surface area contributed by atoms with Gasteiger partial charge in [0.2, 0.25) is 0 Å². The van der Waals surface area contributed by atoms with Crippen molar-refractivity contribution in [2.24, 2.45) is 0 Å². The number of rotatable bonds is 6. The average molecular weight is 400 g/mol. The Kier molecular flexibility index (Phi) is 5.81. The second kappa shape index (κ2) is 8.28. The lowest BCUT2D eigenvalue weighted by atomic mass is 10.2. The van der Waals surface area contributed by atoms with Crippen LogP contribution in [-0.2, 0) is 0 Å². The maximum atomic E-state index is 10.2. The van der Waals surface area contributed by atoms with Gasteiger partial charge in [0, 0.05) is 0 Å². The third-order valence-corrected chi connectivity index (χ3v) is 5.07. The molecule has 6 nitrogen and oxygen atoms in total. The SMILES string of the molecule is Cc1cccc(O)c1OP(Oc1c(C)cccc1O)Oc1c(C)cccc1O. The maximum absolute atomic E-state index is 10.2. The van der Waals surface area contributed by atoms with Gasteiger partial charge in [-0.2, -0.15) is 0 Å². The first-order valence-corrected chi connectivity index (χ1v) is 9.66. The van der Waals surface area contributed by atoms with Crippen LogP contribution in [0.4, 0.5) is 0 Å². The molecule has 0 atom stereocenters. The molecule has 0 heterocycles. The molecule has 0 saturated carbocycles. The molecule has 0 unspecified atom stereocenters. The van der Waals surface area contributed by atoms with E-state index >= 15 is 0 Å². The molecule has 0 spiro atoms. The van der Waals surface area contributed by atoms with Crippen molar-refractivity contribution in [1.82, 2.24) is 0 Å². The van der Waals surface area contributed by atoms with Crippen molar-refractivity contribution in [2.75, 3.05) is 0 Å². The summed E-state index contributed by atoms with van der Waals surface area (Å²) in [7, 11) is -2.17. The lowest BCUT2D eigenvalue weighted by Gasteiger charge is -2.21. The molecular formula is C21H21O6P. The summed E-state index contributed by atoms with van der Waals surface area (Å²) in [6, 6.07) is 14.9. The molecule has 0 aliphatic carbocycles. The van der Waals surface area contributed by atoms with E-state index in [9.17, 15) is 15.3 Å². The van der Waals surface area contributed by atoms with E-state index in [0.29, 0.717) is 16.7 Å². The van der Waals surface area contributed by atoms with Gasteiger partial charge in [0.1, 0.15) is 0 Å². The van der Waals surface area contributed by atoms with Crippen LogP contribution < -0.4 is 13.6 Å². The van der Waals surface area contributed by atoms with Crippen molar-refractivity contribution in [2.45, 2.75) is 20.8 Å². The molecule has 0 fully saturated rings. The monoisotopic (exact) mass is 400 g/mol. The molecule has 0 aliphatic rings. The Morgan fingerprint density at radius 1 is 0.536 bits per heavy atom. The molecule has 0 saturated heterocycles. The fourth-order valence-corrected chi connectivity index (χ4v) is 3.82. The summed E-state index contributed by atoms with van der Waals surface area (Å²) in [4.78, 5) is 0. The van der Waals surface area contributed by atoms with Crippen molar-refractivity contribution in [3.8, 4) is 34.5 Å². The summed E-state index contributed by atoms with van der Waals surface area (Å²) in [5.74, 6) is 0.410. The predicted molar refractivity (Wildman–Crippen MR) is 107 cm³/mol. The molecule has 3 rings (SSSR count). The van der Waals surface area contributed by atoms with Crippen molar-refractivity contribution in [3.05, 3.63) is 71.3 Å². The second-order valence-corrected chi connectivity index (χ2v) is 7.26. The predicted octanol–water partition coefficient (Wildman–Crippen LogP) is 5.49. The minimum atomic E-state index is -2.17. The zero-order valence-corrected chi connectivity index (χ0v) is 16.6. The summed E-state index contributed by atoms with van der Waals surface area (Å²) >= 11 is 0. The lowest BCUT2D eigenvalue weighted by Crippen LogP contribution is -2.05. The van der Waals surface area contributed by atoms with E-state index in [2.05, 4.69) is 0 Å². The van der Waals surface area contributed by atoms with Crippen LogP contribution in [0.5, 0.6) is 34.5 Å². The minimum absolute atomic E-state index is 0.0669. The Hall–Kier alpha value is -3.11. The van der Waals surface area contributed by atoms with E-state index in [1.165, 1.54) is 18.2 Å². The van der Waals surface area contributed by atoms with E-state index in [0.717, 1.165) is 0 Å². The van der Waals surface area contributed by atoms with Gasteiger partial charge >= 0.3 is 8.60 Å². The molecule has 0 bridgehead atoms. The Labute approximate surface area is 164 Å². The van der Waals surface area contributed by atoms with Crippen molar-refractivity contribution >= 4 is 8.60 Å². The smallest absolute Gasteiger partial charge is 0.504 e. The van der Waals surface area contributed by atoms with Gasteiger partial charge in [-0.15, -0.1) is 0 Å². The number of para-hydroxylation sites is 3. The van der Waals surface area contributed by atoms with Gasteiger partial charge in [-0.25, -0.2) is 0 Å². The van der Waals surface area contributed by atoms with Gasteiger partial charge in [0.25, 0.3) is 0 Å². The first-order valence-electron chi connectivity index (χ1n) is 8.56. The number of phenols is 3. The highest BCUT2D eigenvalue weighted by molar-refractivity contribution is 7.43. The molecule has 3 aromatic carbocycles. The summed E-state index contributed by atoms with van der Waals surface area (Å²) in [5, 5.41) is 30.5. The first-order chi connectivity index (χ1) is 13.4. The van der Waals surface area contributed by atoms with Crippen molar-refractivity contribution in [1.29, 1.82) is 0 Å². The summed E-state index contributed by atoms with van der Waals surface area (Å²) in [6.07, 6.45) is 0. The molecule has 146 valence electrons. The van der Waals surface area contributed by atoms with E-state index in [-0.39, 0.29) is 34.5 Å². The topological polar surface area (TPSA) is 88.4 Å². The quantitative estimate of drug-likeness (QED) is 0.474. The van der Waals surface area contributed by atoms with E-state index in [4.69, 9.17) is 13.6 Å². The fourth-order valence-electron chi connectivity index (χ4n) is 2.55. The van der Waals surface area contributed by atoms with Gasteiger partial charge < -0.3 is 28.9 Å². The van der Waals surface area contributed by atoms with Crippen molar-refractivity contribution in [3.63, 3.8) is 0 Å². The fraction of sp³-hybridized carbons (Fsp3) is 0.143. The molecular weight excluding hydrogens is 379 g/mol. The normalized spacial score (nSPS) is 10.7. The number of aromatic hydroxyl groups is 3. The average Bonchev–Trinajstić information content (AvgIpc) is 2.64. The van der Waals surface area contributed by atoms with Gasteiger partial charge in [-0.05, 0) is 55.7 Å². The van der Waals surface area contributed by atoms with Crippen LogP contribution in [0.15, 0.2) is 54.6 Å². The van der Waals surface area contributed by atoms with Crippen LogP contribution in [0.1, 0.15) is 16.7 Å². The zero-order valence-electron chi connectivity index (χ0n) is 15.7. The van der Waals surface area contributed by atoms with Gasteiger partial charge in [-0.3, -0.25) is 0 Å². The third-order valence-electron chi connectivity index (χ3n) is 4.07. The summed E-state index contributed by atoms with van der Waals surface area (Å²) < 4.78 is 17.6. The van der Waals surface area contributed by atoms with Crippen LogP contribution in [-0.4, -0.2) is 15.3 Å². The molecule has 0 aliphatic heterocycles. The zero-order chi connectivity index (χ0) is 20.3. The lowest BCUT2D eigenvalue weighted by molar-refractivity contribution is 0.349. The standard InChI is InChI=1S/C21H21O6P/c1-13-7-4-10-16(22)19(13)25-28(26-20-14(2)8-5-11-17(20)23)27-21-15(3)9-6-12-18(21)24/h4-12,22-24H,1-3H3. The van der Waals surface area contributed by atoms with Gasteiger partial charge in [0.05, 0.1) is 0 Å². The van der Waals surface area contributed by atoms with E-state index in [1.54, 1.807) is 57.2 Å². The summed E-state index contributed by atoms with van der Waals surface area (Å²) in [5.41, 5.74) is 2.05. The Bertz CT molecular complexity index is 801. The number of phenolic OH excluding ortho intramolecular Hbond substituents is 3. The minimum Gasteiger partial charge on any atom is -0.504 e. The van der Waals surface area contributed by atoms with Gasteiger partial charge in [-0.1, -0.05) is 36.4 Å². The van der Waals surface area contributed by atoms with Crippen LogP contribution in [0.25, 0.3) is 0 Å². The molecule has 3 aromatic rings. The summed E-state index contributed by atoms with van der Waals surface area (Å²) in [6.45, 7) is 5.33. The Morgan fingerprint density at radius 3 is 1.07 bits per heavy atom. The number of hydrogen-bond donors (Lipinski definition) is 3. The third kappa shape index (κ3) is 4.24. The largest absolute Gasteiger partial charge is 0.530 e. The van der Waals surface area contributed by atoms with Crippen LogP contribution in [0, 0.1) is 20.8 Å². The van der Waals surface area contributed by atoms with Crippen LogP contribution in [0.3, 0.4) is 0 Å². The number of aryl methyl sites for hydroxylation is 3. The molecule has 28 heavy (non-hydrogen) atoms. The van der Waals surface area contributed by atoms with E-state index < -0.39 is 8.60 Å². The number of hydrogen-bond acceptors (Lipinski definition) is 6. The first kappa shape index (κ1) is 19.6. The van der Waals surface area contributed by atoms with E-state index in [1.807, 2.05) is 0 Å². The molecule has 7 heteroatoms. The van der Waals surface area contributed by atoms with Crippen molar-refractivity contribution < 1.29 is 28.9 Å². The van der Waals surface area contributed by atoms with Crippen LogP contribution in [0.2, 0.25) is 0 Å². The Balaban J connectivity index is 1.98. The highest BCUT2D eigenvalue weighted by atomic mass is 31.2. The molecule has 0 aromatic heterocycles. The molecule has 0 radical (unpaired) electrons. The Morgan fingerprint density at radius 2 is 0.821 bits per heavy atom. The molecule has 0 amide bonds.